The Morgan fingerprint density at radius 1 is 1.39 bits per heavy atom. The lowest BCUT2D eigenvalue weighted by Crippen LogP contribution is -2.29. The molecule has 0 aromatic carbocycles. The van der Waals surface area contributed by atoms with Gasteiger partial charge in [-0.25, -0.2) is 9.50 Å². The maximum absolute atomic E-state index is 13.1. The number of hydrogen-bond acceptors (Lipinski definition) is 5. The van der Waals surface area contributed by atoms with Crippen LogP contribution in [0.3, 0.4) is 0 Å². The molecule has 1 amide bonds. The highest BCUT2D eigenvalue weighted by atomic mass is 16.5. The molecule has 1 saturated heterocycles. The minimum atomic E-state index is -0.110. The van der Waals surface area contributed by atoms with E-state index in [-0.39, 0.29) is 23.3 Å². The van der Waals surface area contributed by atoms with E-state index in [2.05, 4.69) is 15.2 Å². The van der Waals surface area contributed by atoms with Crippen molar-refractivity contribution in [2.24, 2.45) is 0 Å². The largest absolute Gasteiger partial charge is 0.361 e. The molecule has 3 aromatic rings. The van der Waals surface area contributed by atoms with Gasteiger partial charge in [-0.15, -0.1) is 0 Å². The number of rotatable bonds is 4. The van der Waals surface area contributed by atoms with E-state index >= 15 is 0 Å². The van der Waals surface area contributed by atoms with Crippen molar-refractivity contribution in [3.63, 3.8) is 0 Å². The van der Waals surface area contributed by atoms with Crippen LogP contribution in [0.2, 0.25) is 0 Å². The number of amides is 1. The summed E-state index contributed by atoms with van der Waals surface area (Å²) in [6.45, 7) is 9.00. The van der Waals surface area contributed by atoms with Crippen LogP contribution in [0.15, 0.2) is 21.5 Å². The molecule has 28 heavy (non-hydrogen) atoms. The number of likely N-dealkylation sites (tertiary alicyclic amines) is 1. The number of aromatic amines is 1. The zero-order valence-corrected chi connectivity index (χ0v) is 16.7. The molecule has 148 valence electrons. The van der Waals surface area contributed by atoms with E-state index in [1.54, 1.807) is 13.0 Å². The Morgan fingerprint density at radius 2 is 2.18 bits per heavy atom. The Kier molecular flexibility index (Phi) is 4.56. The Morgan fingerprint density at radius 3 is 2.89 bits per heavy atom. The number of carbonyl (C=O) groups is 1. The molecule has 0 bridgehead atoms. The predicted octanol–water partition coefficient (Wildman–Crippen LogP) is 2.63. The van der Waals surface area contributed by atoms with Crippen molar-refractivity contribution in [2.75, 3.05) is 13.1 Å². The van der Waals surface area contributed by atoms with Crippen molar-refractivity contribution in [2.45, 2.75) is 52.4 Å². The van der Waals surface area contributed by atoms with E-state index in [0.29, 0.717) is 42.2 Å². The second kappa shape index (κ2) is 6.92. The summed E-state index contributed by atoms with van der Waals surface area (Å²) in [7, 11) is 0. The second-order valence-electron chi connectivity index (χ2n) is 7.73. The monoisotopic (exact) mass is 383 g/mol. The number of aryl methyl sites for hydroxylation is 2. The standard InChI is InChI=1S/C20H25N5O3/c1-5-14-8-17(26)25-16(21-14)9-15(22-25)13-6-7-24(10-13)20(27)18-12(4)28-23-19(18)11(2)3/h8-9,11,13,22H,5-7,10H2,1-4H3. The van der Waals surface area contributed by atoms with Crippen molar-refractivity contribution in [3.05, 3.63) is 50.9 Å². The molecule has 0 spiro atoms. The average Bonchev–Trinajstić information content (AvgIpc) is 3.38. The molecule has 4 rings (SSSR count). The van der Waals surface area contributed by atoms with Gasteiger partial charge in [0.2, 0.25) is 0 Å². The number of fused-ring (bicyclic) bond motifs is 1. The molecule has 1 unspecified atom stereocenters. The first-order valence-corrected chi connectivity index (χ1v) is 9.76. The van der Waals surface area contributed by atoms with E-state index in [0.717, 1.165) is 17.8 Å². The van der Waals surface area contributed by atoms with Gasteiger partial charge in [-0.1, -0.05) is 25.9 Å². The molecule has 1 atom stereocenters. The van der Waals surface area contributed by atoms with Crippen molar-refractivity contribution < 1.29 is 9.32 Å². The minimum Gasteiger partial charge on any atom is -0.361 e. The summed E-state index contributed by atoms with van der Waals surface area (Å²) < 4.78 is 6.75. The summed E-state index contributed by atoms with van der Waals surface area (Å²) in [5, 5.41) is 7.23. The van der Waals surface area contributed by atoms with Crippen molar-refractivity contribution in [1.82, 2.24) is 24.7 Å². The Hall–Kier alpha value is -2.90. The van der Waals surface area contributed by atoms with Crippen molar-refractivity contribution in [1.29, 1.82) is 0 Å². The smallest absolute Gasteiger partial charge is 0.272 e. The maximum Gasteiger partial charge on any atom is 0.272 e. The number of aromatic nitrogens is 4. The van der Waals surface area contributed by atoms with Gasteiger partial charge in [-0.3, -0.25) is 14.7 Å². The molecular weight excluding hydrogens is 358 g/mol. The first-order chi connectivity index (χ1) is 13.4. The molecule has 0 aliphatic carbocycles. The van der Waals surface area contributed by atoms with Gasteiger partial charge >= 0.3 is 0 Å². The fourth-order valence-electron chi connectivity index (χ4n) is 3.85. The van der Waals surface area contributed by atoms with E-state index in [4.69, 9.17) is 4.52 Å². The number of nitrogens with zero attached hydrogens (tertiary/aromatic N) is 4. The molecule has 1 aliphatic heterocycles. The van der Waals surface area contributed by atoms with Gasteiger partial charge in [0.15, 0.2) is 5.65 Å². The summed E-state index contributed by atoms with van der Waals surface area (Å²) in [6.07, 6.45) is 1.55. The van der Waals surface area contributed by atoms with Crippen LogP contribution in [-0.2, 0) is 6.42 Å². The average molecular weight is 383 g/mol. The molecule has 1 N–H and O–H groups in total. The molecule has 4 heterocycles. The number of nitrogens with one attached hydrogen (secondary N) is 1. The molecule has 1 aliphatic rings. The zero-order chi connectivity index (χ0) is 20.0. The summed E-state index contributed by atoms with van der Waals surface area (Å²) in [5.74, 6) is 0.780. The fraction of sp³-hybridized carbons (Fsp3) is 0.500. The van der Waals surface area contributed by atoms with Crippen molar-refractivity contribution in [3.8, 4) is 0 Å². The van der Waals surface area contributed by atoms with Crippen LogP contribution in [0.5, 0.6) is 0 Å². The molecule has 8 heteroatoms. The van der Waals surface area contributed by atoms with Crippen LogP contribution in [0, 0.1) is 6.92 Å². The topological polar surface area (TPSA) is 96.5 Å². The SMILES string of the molecule is CCc1cc(=O)n2[nH]c(C3CCN(C(=O)c4c(C(C)C)noc4C)C3)cc2n1. The molecule has 8 nitrogen and oxygen atoms in total. The number of carbonyl (C=O) groups excluding carboxylic acids is 1. The normalized spacial score (nSPS) is 17.2. The zero-order valence-electron chi connectivity index (χ0n) is 16.7. The van der Waals surface area contributed by atoms with Crippen LogP contribution < -0.4 is 5.56 Å². The molecule has 0 radical (unpaired) electrons. The van der Waals surface area contributed by atoms with Gasteiger partial charge in [-0.2, -0.15) is 0 Å². The third-order valence-corrected chi connectivity index (χ3v) is 5.45. The van der Waals surface area contributed by atoms with Crippen LogP contribution in [-0.4, -0.2) is 43.7 Å². The highest BCUT2D eigenvalue weighted by molar-refractivity contribution is 5.96. The highest BCUT2D eigenvalue weighted by Crippen LogP contribution is 2.30. The lowest BCUT2D eigenvalue weighted by atomic mass is 10.0. The van der Waals surface area contributed by atoms with Gasteiger partial charge < -0.3 is 9.42 Å². The predicted molar refractivity (Wildman–Crippen MR) is 104 cm³/mol. The fourth-order valence-corrected chi connectivity index (χ4v) is 3.85. The summed E-state index contributed by atoms with van der Waals surface area (Å²) in [6, 6.07) is 3.48. The highest BCUT2D eigenvalue weighted by Gasteiger charge is 2.33. The van der Waals surface area contributed by atoms with Crippen molar-refractivity contribution >= 4 is 11.6 Å². The lowest BCUT2D eigenvalue weighted by Gasteiger charge is -2.17. The van der Waals surface area contributed by atoms with E-state index < -0.39 is 0 Å². The Labute approximate surface area is 162 Å². The van der Waals surface area contributed by atoms with E-state index in [1.165, 1.54) is 4.52 Å². The third kappa shape index (κ3) is 3.02. The van der Waals surface area contributed by atoms with Gasteiger partial charge in [0.05, 0.1) is 5.69 Å². The maximum atomic E-state index is 13.1. The van der Waals surface area contributed by atoms with Gasteiger partial charge in [0.1, 0.15) is 11.3 Å². The van der Waals surface area contributed by atoms with Gasteiger partial charge in [-0.05, 0) is 25.7 Å². The quantitative estimate of drug-likeness (QED) is 0.747. The summed E-state index contributed by atoms with van der Waals surface area (Å²) in [5.41, 5.74) is 3.51. The minimum absolute atomic E-state index is 0.0374. The molecule has 0 saturated carbocycles. The summed E-state index contributed by atoms with van der Waals surface area (Å²) >= 11 is 0. The molecule has 1 fully saturated rings. The Bertz CT molecular complexity index is 1090. The van der Waals surface area contributed by atoms with Crippen LogP contribution in [0.25, 0.3) is 5.65 Å². The third-order valence-electron chi connectivity index (χ3n) is 5.45. The first-order valence-electron chi connectivity index (χ1n) is 9.76. The van der Waals surface area contributed by atoms with Gasteiger partial charge in [0, 0.05) is 42.5 Å². The van der Waals surface area contributed by atoms with Gasteiger partial charge in [0.25, 0.3) is 11.5 Å². The van der Waals surface area contributed by atoms with E-state index in [9.17, 15) is 9.59 Å². The molecular formula is C20H25N5O3. The van der Waals surface area contributed by atoms with Crippen LogP contribution in [0.1, 0.15) is 72.2 Å². The number of hydrogen-bond donors (Lipinski definition) is 1. The van der Waals surface area contributed by atoms with E-state index in [1.807, 2.05) is 31.7 Å². The molecule has 3 aromatic heterocycles. The lowest BCUT2D eigenvalue weighted by molar-refractivity contribution is 0.0787. The number of H-pyrrole nitrogens is 1. The second-order valence-corrected chi connectivity index (χ2v) is 7.73. The van der Waals surface area contributed by atoms with Crippen LogP contribution >= 0.6 is 0 Å². The summed E-state index contributed by atoms with van der Waals surface area (Å²) in [4.78, 5) is 31.7. The van der Waals surface area contributed by atoms with Crippen LogP contribution in [0.4, 0.5) is 0 Å². The first kappa shape index (κ1) is 18.5. The Balaban J connectivity index is 1.59.